The van der Waals surface area contributed by atoms with E-state index in [1.807, 2.05) is 6.92 Å². The molecular weight excluding hydrogens is 412 g/mol. The highest BCUT2D eigenvalue weighted by atomic mass is 32.2. The standard InChI is InChI=1S/C19H22N4O6S/c1-4-29-18-11-9-16(10-12-18)22(30(3,27)28)13-19(24)21-20-14(2)15-5-7-17(8-6-15)23(25)26/h5-12H,4,13H2,1-3H3,(H,21,24)/b20-14-. The molecule has 0 aliphatic rings. The number of carbonyl (C=O) groups excluding carboxylic acids is 1. The van der Waals surface area contributed by atoms with Crippen LogP contribution in [0, 0.1) is 10.1 Å². The van der Waals surface area contributed by atoms with Gasteiger partial charge in [-0.1, -0.05) is 0 Å². The van der Waals surface area contributed by atoms with Gasteiger partial charge in [0.05, 0.1) is 29.2 Å². The second-order valence-corrected chi connectivity index (χ2v) is 8.14. The Balaban J connectivity index is 2.10. The monoisotopic (exact) mass is 434 g/mol. The van der Waals surface area contributed by atoms with E-state index < -0.39 is 27.4 Å². The van der Waals surface area contributed by atoms with Gasteiger partial charge < -0.3 is 4.74 Å². The number of anilines is 1. The van der Waals surface area contributed by atoms with E-state index in [9.17, 15) is 23.3 Å². The van der Waals surface area contributed by atoms with E-state index in [0.29, 0.717) is 29.3 Å². The summed E-state index contributed by atoms with van der Waals surface area (Å²) in [5.74, 6) is -0.0574. The zero-order chi connectivity index (χ0) is 22.3. The Kier molecular flexibility index (Phi) is 7.48. The predicted octanol–water partition coefficient (Wildman–Crippen LogP) is 2.30. The predicted molar refractivity (Wildman–Crippen MR) is 113 cm³/mol. The maximum atomic E-state index is 12.3. The summed E-state index contributed by atoms with van der Waals surface area (Å²) < 4.78 is 30.6. The number of carbonyl (C=O) groups is 1. The lowest BCUT2D eigenvalue weighted by molar-refractivity contribution is -0.384. The number of hydrogen-bond donors (Lipinski definition) is 1. The molecule has 0 aromatic heterocycles. The van der Waals surface area contributed by atoms with Crippen molar-refractivity contribution in [3.63, 3.8) is 0 Å². The lowest BCUT2D eigenvalue weighted by Crippen LogP contribution is -2.39. The average molecular weight is 434 g/mol. The minimum absolute atomic E-state index is 0.0604. The van der Waals surface area contributed by atoms with Crippen LogP contribution in [-0.4, -0.2) is 44.4 Å². The Bertz CT molecular complexity index is 1030. The Morgan fingerprint density at radius 1 is 1.17 bits per heavy atom. The van der Waals surface area contributed by atoms with Crippen molar-refractivity contribution in [3.05, 3.63) is 64.2 Å². The van der Waals surface area contributed by atoms with E-state index in [1.54, 1.807) is 31.2 Å². The fraction of sp³-hybridized carbons (Fsp3) is 0.263. The van der Waals surface area contributed by atoms with Gasteiger partial charge in [-0.2, -0.15) is 5.10 Å². The maximum Gasteiger partial charge on any atom is 0.269 e. The lowest BCUT2D eigenvalue weighted by Gasteiger charge is -2.21. The zero-order valence-corrected chi connectivity index (χ0v) is 17.5. The molecule has 0 heterocycles. The van der Waals surface area contributed by atoms with Gasteiger partial charge in [-0.15, -0.1) is 0 Å². The van der Waals surface area contributed by atoms with Crippen molar-refractivity contribution in [1.82, 2.24) is 5.43 Å². The number of benzene rings is 2. The highest BCUT2D eigenvalue weighted by Gasteiger charge is 2.21. The number of nitrogens with one attached hydrogen (secondary N) is 1. The molecule has 0 radical (unpaired) electrons. The fourth-order valence-corrected chi connectivity index (χ4v) is 3.33. The molecule has 2 aromatic rings. The summed E-state index contributed by atoms with van der Waals surface area (Å²) in [6.45, 7) is 3.45. The molecule has 0 aliphatic heterocycles. The van der Waals surface area contributed by atoms with Gasteiger partial charge in [0.1, 0.15) is 12.3 Å². The second-order valence-electron chi connectivity index (χ2n) is 6.23. The third-order valence-electron chi connectivity index (χ3n) is 3.97. The van der Waals surface area contributed by atoms with Crippen LogP contribution in [0.1, 0.15) is 19.4 Å². The van der Waals surface area contributed by atoms with Crippen molar-refractivity contribution in [1.29, 1.82) is 0 Å². The molecule has 0 spiro atoms. The van der Waals surface area contributed by atoms with E-state index in [4.69, 9.17) is 4.74 Å². The van der Waals surface area contributed by atoms with Gasteiger partial charge in [0.2, 0.25) is 10.0 Å². The minimum Gasteiger partial charge on any atom is -0.494 e. The molecule has 0 unspecified atom stereocenters. The summed E-state index contributed by atoms with van der Waals surface area (Å²) in [5, 5.41) is 14.6. The lowest BCUT2D eigenvalue weighted by atomic mass is 10.1. The van der Waals surface area contributed by atoms with Crippen LogP contribution in [0.3, 0.4) is 0 Å². The molecule has 1 amide bonds. The van der Waals surface area contributed by atoms with Gasteiger partial charge in [-0.05, 0) is 55.8 Å². The van der Waals surface area contributed by atoms with Gasteiger partial charge in [0.15, 0.2) is 0 Å². The third-order valence-corrected chi connectivity index (χ3v) is 5.11. The number of nitro benzene ring substituents is 1. The van der Waals surface area contributed by atoms with E-state index in [-0.39, 0.29) is 5.69 Å². The van der Waals surface area contributed by atoms with Crippen LogP contribution in [0.25, 0.3) is 0 Å². The van der Waals surface area contributed by atoms with Crippen molar-refractivity contribution in [2.75, 3.05) is 23.7 Å². The molecule has 1 N–H and O–H groups in total. The van der Waals surface area contributed by atoms with Crippen LogP contribution in [0.5, 0.6) is 5.75 Å². The Labute approximate surface area is 174 Å². The molecule has 30 heavy (non-hydrogen) atoms. The Hall–Kier alpha value is -3.47. The zero-order valence-electron chi connectivity index (χ0n) is 16.7. The highest BCUT2D eigenvalue weighted by Crippen LogP contribution is 2.21. The molecule has 0 atom stereocenters. The number of hydrogen-bond acceptors (Lipinski definition) is 7. The molecular formula is C19H22N4O6S. The first-order chi connectivity index (χ1) is 14.1. The molecule has 10 nitrogen and oxygen atoms in total. The Morgan fingerprint density at radius 3 is 2.27 bits per heavy atom. The van der Waals surface area contributed by atoms with Crippen LogP contribution in [0.2, 0.25) is 0 Å². The summed E-state index contributed by atoms with van der Waals surface area (Å²) in [7, 11) is -3.72. The molecule has 0 fully saturated rings. The van der Waals surface area contributed by atoms with Gasteiger partial charge in [-0.25, -0.2) is 13.8 Å². The summed E-state index contributed by atoms with van der Waals surface area (Å²) in [6.07, 6.45) is 1.00. The van der Waals surface area contributed by atoms with Crippen molar-refractivity contribution in [3.8, 4) is 5.75 Å². The smallest absolute Gasteiger partial charge is 0.269 e. The molecule has 2 aromatic carbocycles. The molecule has 0 aliphatic carbocycles. The van der Waals surface area contributed by atoms with E-state index in [1.165, 1.54) is 24.3 Å². The van der Waals surface area contributed by atoms with Crippen molar-refractivity contribution >= 4 is 33.0 Å². The van der Waals surface area contributed by atoms with Crippen LogP contribution >= 0.6 is 0 Å². The van der Waals surface area contributed by atoms with Crippen molar-refractivity contribution < 1.29 is 22.9 Å². The summed E-state index contributed by atoms with van der Waals surface area (Å²) in [5.41, 5.74) is 3.54. The first-order valence-electron chi connectivity index (χ1n) is 8.90. The molecule has 0 bridgehead atoms. The van der Waals surface area contributed by atoms with Crippen LogP contribution in [0.4, 0.5) is 11.4 Å². The SMILES string of the molecule is CCOc1ccc(N(CC(=O)N/N=C(/C)c2ccc([N+](=O)[O-])cc2)S(C)(=O)=O)cc1. The second kappa shape index (κ2) is 9.83. The highest BCUT2D eigenvalue weighted by molar-refractivity contribution is 7.92. The first-order valence-corrected chi connectivity index (χ1v) is 10.7. The average Bonchev–Trinajstić information content (AvgIpc) is 2.70. The van der Waals surface area contributed by atoms with Crippen LogP contribution in [0.15, 0.2) is 53.6 Å². The van der Waals surface area contributed by atoms with Gasteiger partial charge >= 0.3 is 0 Å². The normalized spacial score (nSPS) is 11.6. The van der Waals surface area contributed by atoms with E-state index >= 15 is 0 Å². The molecule has 11 heteroatoms. The number of sulfonamides is 1. The van der Waals surface area contributed by atoms with Crippen molar-refractivity contribution in [2.24, 2.45) is 5.10 Å². The number of amides is 1. The third kappa shape index (κ3) is 6.27. The quantitative estimate of drug-likeness (QED) is 0.366. The van der Waals surface area contributed by atoms with Crippen LogP contribution < -0.4 is 14.5 Å². The minimum atomic E-state index is -3.72. The Morgan fingerprint density at radius 2 is 1.77 bits per heavy atom. The van der Waals surface area contributed by atoms with E-state index in [0.717, 1.165) is 10.6 Å². The number of hydrazone groups is 1. The largest absolute Gasteiger partial charge is 0.494 e. The van der Waals surface area contributed by atoms with Gasteiger partial charge in [-0.3, -0.25) is 19.2 Å². The summed E-state index contributed by atoms with van der Waals surface area (Å²) >= 11 is 0. The summed E-state index contributed by atoms with van der Waals surface area (Å²) in [6, 6.07) is 12.0. The van der Waals surface area contributed by atoms with Gasteiger partial charge in [0, 0.05) is 12.1 Å². The summed E-state index contributed by atoms with van der Waals surface area (Å²) in [4.78, 5) is 22.5. The molecule has 0 saturated carbocycles. The van der Waals surface area contributed by atoms with E-state index in [2.05, 4.69) is 10.5 Å². The number of rotatable bonds is 9. The maximum absolute atomic E-state index is 12.3. The number of non-ortho nitro benzene ring substituents is 1. The first kappa shape index (κ1) is 22.8. The molecule has 2 rings (SSSR count). The fourth-order valence-electron chi connectivity index (χ4n) is 2.48. The topological polar surface area (TPSA) is 131 Å². The number of nitro groups is 1. The molecule has 160 valence electrons. The number of ether oxygens (including phenoxy) is 1. The molecule has 0 saturated heterocycles. The number of nitrogens with zero attached hydrogens (tertiary/aromatic N) is 3. The van der Waals surface area contributed by atoms with Gasteiger partial charge in [0.25, 0.3) is 11.6 Å². The van der Waals surface area contributed by atoms with Crippen LogP contribution in [-0.2, 0) is 14.8 Å². The van der Waals surface area contributed by atoms with Crippen molar-refractivity contribution in [2.45, 2.75) is 13.8 Å².